The number of rotatable bonds is 11. The smallest absolute Gasteiger partial charge is 0.416 e. The van der Waals surface area contributed by atoms with Crippen LogP contribution in [0.1, 0.15) is 22.3 Å². The number of aliphatic hydroxyl groups excluding tert-OH is 4. The maximum absolute atomic E-state index is 13.3. The normalized spacial score (nSPS) is 24.1. The highest BCUT2D eigenvalue weighted by molar-refractivity contribution is 6.42. The van der Waals surface area contributed by atoms with Gasteiger partial charge in [-0.1, -0.05) is 46.7 Å². The van der Waals surface area contributed by atoms with Gasteiger partial charge in [0.25, 0.3) is 0 Å². The summed E-state index contributed by atoms with van der Waals surface area (Å²) in [6, 6.07) is 10.2. The van der Waals surface area contributed by atoms with Gasteiger partial charge in [-0.15, -0.1) is 0 Å². The molecule has 40 heavy (non-hydrogen) atoms. The van der Waals surface area contributed by atoms with Gasteiger partial charge in [0.15, 0.2) is 12.0 Å². The Balaban J connectivity index is 1.88. The third-order valence-corrected chi connectivity index (χ3v) is 5.81. The van der Waals surface area contributed by atoms with E-state index < -0.39 is 67.3 Å². The predicted octanol–water partition coefficient (Wildman–Crippen LogP) is 0.878. The fraction of sp³-hybridized carbons (Fsp3) is 0.400. The van der Waals surface area contributed by atoms with E-state index in [-0.39, 0.29) is 23.4 Å². The van der Waals surface area contributed by atoms with Crippen LogP contribution in [0.15, 0.2) is 58.8 Å². The minimum absolute atomic E-state index is 0.0696. The average molecular weight is 572 g/mol. The van der Waals surface area contributed by atoms with Crippen molar-refractivity contribution >= 4 is 17.4 Å². The molecule has 0 aliphatic carbocycles. The first-order chi connectivity index (χ1) is 19.0. The largest absolute Gasteiger partial charge is 0.476 e. The molecule has 5 N–H and O–H groups in total. The molecule has 1 aliphatic heterocycles. The monoisotopic (exact) mass is 572 g/mol. The zero-order valence-corrected chi connectivity index (χ0v) is 20.9. The van der Waals surface area contributed by atoms with Crippen LogP contribution in [-0.4, -0.2) is 94.0 Å². The summed E-state index contributed by atoms with van der Waals surface area (Å²) in [5, 5.41) is 56.3. The Morgan fingerprint density at radius 2 is 1.75 bits per heavy atom. The molecular formula is C25H27F3N2O10. The van der Waals surface area contributed by atoms with E-state index in [0.717, 1.165) is 18.2 Å². The first kappa shape index (κ1) is 30.9. The summed E-state index contributed by atoms with van der Waals surface area (Å²) in [4.78, 5) is 21.6. The average Bonchev–Trinajstić information content (AvgIpc) is 2.93. The van der Waals surface area contributed by atoms with E-state index in [1.54, 1.807) is 12.1 Å². The number of hydrogen-bond acceptors (Lipinski definition) is 11. The van der Waals surface area contributed by atoms with Gasteiger partial charge >= 0.3 is 12.1 Å². The molecule has 0 amide bonds. The van der Waals surface area contributed by atoms with Gasteiger partial charge in [-0.2, -0.15) is 13.2 Å². The molecule has 15 heteroatoms. The zero-order valence-electron chi connectivity index (χ0n) is 20.9. The number of oxime groups is 2. The van der Waals surface area contributed by atoms with Crippen molar-refractivity contribution in [1.82, 2.24) is 0 Å². The highest BCUT2D eigenvalue weighted by Crippen LogP contribution is 2.30. The van der Waals surface area contributed by atoms with Crippen molar-refractivity contribution in [2.75, 3.05) is 20.3 Å². The van der Waals surface area contributed by atoms with Crippen LogP contribution in [-0.2, 0) is 36.7 Å². The van der Waals surface area contributed by atoms with Crippen molar-refractivity contribution < 1.29 is 62.6 Å². The van der Waals surface area contributed by atoms with Crippen LogP contribution in [0.3, 0.4) is 0 Å². The molecule has 1 aliphatic rings. The summed E-state index contributed by atoms with van der Waals surface area (Å²) in [6.45, 7) is -1.65. The van der Waals surface area contributed by atoms with Crippen LogP contribution in [0.5, 0.6) is 0 Å². The molecule has 5 atom stereocenters. The number of ether oxygens (including phenoxy) is 2. The molecule has 0 spiro atoms. The van der Waals surface area contributed by atoms with Crippen LogP contribution in [0.4, 0.5) is 13.2 Å². The van der Waals surface area contributed by atoms with Crippen LogP contribution in [0.2, 0.25) is 0 Å². The lowest BCUT2D eigenvalue weighted by molar-refractivity contribution is -0.297. The van der Waals surface area contributed by atoms with Gasteiger partial charge in [0.2, 0.25) is 0 Å². The van der Waals surface area contributed by atoms with Crippen molar-refractivity contribution in [3.8, 4) is 0 Å². The van der Waals surface area contributed by atoms with Crippen molar-refractivity contribution in [2.24, 2.45) is 10.3 Å². The highest BCUT2D eigenvalue weighted by atomic mass is 19.4. The highest BCUT2D eigenvalue weighted by Gasteiger charge is 2.44. The van der Waals surface area contributed by atoms with Crippen LogP contribution < -0.4 is 0 Å². The van der Waals surface area contributed by atoms with Crippen LogP contribution in [0.25, 0.3) is 0 Å². The van der Waals surface area contributed by atoms with Crippen LogP contribution in [0, 0.1) is 0 Å². The fourth-order valence-corrected chi connectivity index (χ4v) is 3.76. The van der Waals surface area contributed by atoms with Crippen molar-refractivity contribution in [1.29, 1.82) is 0 Å². The Bertz CT molecular complexity index is 1220. The van der Waals surface area contributed by atoms with E-state index in [0.29, 0.717) is 5.56 Å². The molecule has 0 saturated carbocycles. The number of carboxylic acids is 1. The van der Waals surface area contributed by atoms with Gasteiger partial charge < -0.3 is 44.7 Å². The van der Waals surface area contributed by atoms with Crippen LogP contribution >= 0.6 is 0 Å². The van der Waals surface area contributed by atoms with Crippen molar-refractivity contribution in [3.63, 3.8) is 0 Å². The van der Waals surface area contributed by atoms with Gasteiger partial charge in [0.1, 0.15) is 43.8 Å². The minimum atomic E-state index is -4.67. The Labute approximate surface area is 225 Å². The minimum Gasteiger partial charge on any atom is -0.476 e. The lowest BCUT2D eigenvalue weighted by Gasteiger charge is -2.39. The summed E-state index contributed by atoms with van der Waals surface area (Å²) >= 11 is 0. The SMILES string of the molecule is CO/N=C(\C(=O)O)c1ccccc1CO/N=C(\CO[C@@H]1O[C@H](CO)[C@@H](O)[C@H](O)[C@H]1O)c1cccc(C(F)(F)F)c1. The van der Waals surface area contributed by atoms with Gasteiger partial charge in [0, 0.05) is 16.7 Å². The molecule has 218 valence electrons. The van der Waals surface area contributed by atoms with Gasteiger partial charge in [0.05, 0.1) is 18.8 Å². The lowest BCUT2D eigenvalue weighted by Crippen LogP contribution is -2.59. The van der Waals surface area contributed by atoms with E-state index in [9.17, 15) is 43.5 Å². The third kappa shape index (κ3) is 7.53. The van der Waals surface area contributed by atoms with E-state index >= 15 is 0 Å². The van der Waals surface area contributed by atoms with Crippen molar-refractivity contribution in [3.05, 3.63) is 70.8 Å². The van der Waals surface area contributed by atoms with Gasteiger partial charge in [-0.25, -0.2) is 4.79 Å². The number of aliphatic carboxylic acids is 1. The Kier molecular flexibility index (Phi) is 10.6. The molecule has 0 aromatic heterocycles. The summed E-state index contributed by atoms with van der Waals surface area (Å²) in [6.07, 6.45) is -12.7. The van der Waals surface area contributed by atoms with E-state index in [1.807, 2.05) is 0 Å². The summed E-state index contributed by atoms with van der Waals surface area (Å²) < 4.78 is 50.8. The Morgan fingerprint density at radius 1 is 1.02 bits per heavy atom. The number of benzene rings is 2. The molecule has 1 heterocycles. The maximum atomic E-state index is 13.3. The van der Waals surface area contributed by atoms with E-state index in [1.165, 1.54) is 25.3 Å². The topological polar surface area (TPSA) is 180 Å². The van der Waals surface area contributed by atoms with Gasteiger partial charge in [-0.05, 0) is 12.1 Å². The lowest BCUT2D eigenvalue weighted by atomic mass is 9.99. The molecule has 1 saturated heterocycles. The van der Waals surface area contributed by atoms with Gasteiger partial charge in [-0.3, -0.25) is 0 Å². The molecular weight excluding hydrogens is 545 g/mol. The molecule has 1 fully saturated rings. The first-order valence-corrected chi connectivity index (χ1v) is 11.7. The summed E-state index contributed by atoms with van der Waals surface area (Å²) in [5.41, 5.74) is -1.22. The number of aliphatic hydroxyl groups is 4. The second-order valence-corrected chi connectivity index (χ2v) is 8.48. The molecule has 0 bridgehead atoms. The summed E-state index contributed by atoms with van der Waals surface area (Å²) in [7, 11) is 1.17. The molecule has 0 unspecified atom stereocenters. The second-order valence-electron chi connectivity index (χ2n) is 8.48. The van der Waals surface area contributed by atoms with E-state index in [4.69, 9.17) is 14.3 Å². The summed E-state index contributed by atoms with van der Waals surface area (Å²) in [5.74, 6) is -1.38. The standard InChI is InChI=1S/C25H27F3N2O10/c1-37-30-19(23(35)36)16-8-3-2-5-14(16)11-39-29-17(13-6-4-7-15(9-13)25(26,27)28)12-38-24-22(34)21(33)20(32)18(10-31)40-24/h2-9,18,20-22,24,31-34H,10-12H2,1H3,(H,35,36)/b29-17+,30-19-/t18-,20-,21+,22-,24-/m1/s1. The van der Waals surface area contributed by atoms with Crippen molar-refractivity contribution in [2.45, 2.75) is 43.5 Å². The first-order valence-electron chi connectivity index (χ1n) is 11.7. The number of carboxylic acid groups (broad SMARTS) is 1. The number of alkyl halides is 3. The molecule has 12 nitrogen and oxygen atoms in total. The molecule has 2 aromatic rings. The third-order valence-electron chi connectivity index (χ3n) is 5.81. The van der Waals surface area contributed by atoms with E-state index in [2.05, 4.69) is 15.1 Å². The number of halogens is 3. The molecule has 0 radical (unpaired) electrons. The Morgan fingerprint density at radius 3 is 2.40 bits per heavy atom. The zero-order chi connectivity index (χ0) is 29.4. The molecule has 2 aromatic carbocycles. The fourth-order valence-electron chi connectivity index (χ4n) is 3.76. The maximum Gasteiger partial charge on any atom is 0.416 e. The number of carbonyl (C=O) groups is 1. The number of nitrogens with zero attached hydrogens (tertiary/aromatic N) is 2. The Hall–Kier alpha value is -3.60. The molecule has 3 rings (SSSR count). The quantitative estimate of drug-likeness (QED) is 0.192. The second kappa shape index (κ2) is 13.6. The predicted molar refractivity (Wildman–Crippen MR) is 130 cm³/mol. The number of hydrogen-bond donors (Lipinski definition) is 5.